The van der Waals surface area contributed by atoms with Crippen LogP contribution in [-0.4, -0.2) is 53.5 Å². The molecule has 9 heteroatoms. The van der Waals surface area contributed by atoms with E-state index in [1.165, 1.54) is 0 Å². The van der Waals surface area contributed by atoms with Gasteiger partial charge in [0.25, 0.3) is 0 Å². The molecule has 2 aliphatic heterocycles. The Hall–Kier alpha value is -3.88. The van der Waals surface area contributed by atoms with Gasteiger partial charge in [0.2, 0.25) is 0 Å². The SMILES string of the molecule is CC(C)(C)OC(=O)NC12C(=O)OCC1C2c1ccccc1.O=C(O)C12C(=O)OCC1C2c1ccccc1. The first-order chi connectivity index (χ1) is 17.5. The maximum Gasteiger partial charge on any atom is 0.408 e. The third kappa shape index (κ3) is 3.93. The van der Waals surface area contributed by atoms with Crippen LogP contribution in [0.5, 0.6) is 0 Å². The van der Waals surface area contributed by atoms with Gasteiger partial charge in [0.15, 0.2) is 11.0 Å². The molecule has 9 nitrogen and oxygen atoms in total. The molecule has 2 N–H and O–H groups in total. The van der Waals surface area contributed by atoms with Gasteiger partial charge >= 0.3 is 24.0 Å². The summed E-state index contributed by atoms with van der Waals surface area (Å²) in [5.74, 6) is -2.47. The Morgan fingerprint density at radius 2 is 1.38 bits per heavy atom. The zero-order chi connectivity index (χ0) is 26.6. The summed E-state index contributed by atoms with van der Waals surface area (Å²) in [7, 11) is 0. The van der Waals surface area contributed by atoms with Crippen molar-refractivity contribution < 1.29 is 38.5 Å². The minimum atomic E-state index is -1.30. The molecule has 2 aromatic rings. The van der Waals surface area contributed by atoms with Crippen LogP contribution in [0.1, 0.15) is 43.7 Å². The van der Waals surface area contributed by atoms with Gasteiger partial charge in [-0.15, -0.1) is 0 Å². The summed E-state index contributed by atoms with van der Waals surface area (Å²) in [6.45, 7) is 5.93. The van der Waals surface area contributed by atoms with E-state index in [2.05, 4.69) is 5.32 Å². The molecule has 6 unspecified atom stereocenters. The van der Waals surface area contributed by atoms with Crippen molar-refractivity contribution in [2.24, 2.45) is 17.3 Å². The molecule has 37 heavy (non-hydrogen) atoms. The number of carboxylic acids is 1. The van der Waals surface area contributed by atoms with Gasteiger partial charge in [-0.1, -0.05) is 60.7 Å². The number of aliphatic carboxylic acids is 1. The second kappa shape index (κ2) is 8.61. The van der Waals surface area contributed by atoms with E-state index in [1.807, 2.05) is 60.7 Å². The van der Waals surface area contributed by atoms with E-state index in [1.54, 1.807) is 20.8 Å². The van der Waals surface area contributed by atoms with E-state index in [0.29, 0.717) is 6.61 Å². The number of carbonyl (C=O) groups is 4. The molecule has 4 aliphatic rings. The molecule has 0 spiro atoms. The van der Waals surface area contributed by atoms with Crippen molar-refractivity contribution in [3.05, 3.63) is 71.8 Å². The van der Waals surface area contributed by atoms with Gasteiger partial charge in [0, 0.05) is 23.7 Å². The predicted octanol–water partition coefficient (Wildman–Crippen LogP) is 3.25. The molecule has 194 valence electrons. The largest absolute Gasteiger partial charge is 0.480 e. The lowest BCUT2D eigenvalue weighted by atomic mass is 9.99. The van der Waals surface area contributed by atoms with Crippen LogP contribution in [0.15, 0.2) is 60.7 Å². The van der Waals surface area contributed by atoms with E-state index in [4.69, 9.17) is 14.2 Å². The number of nitrogens with one attached hydrogen (secondary N) is 1. The second-order valence-corrected chi connectivity index (χ2v) is 10.9. The van der Waals surface area contributed by atoms with Crippen molar-refractivity contribution in [1.29, 1.82) is 0 Å². The fourth-order valence-electron chi connectivity index (χ4n) is 5.89. The summed E-state index contributed by atoms with van der Waals surface area (Å²) in [5, 5.41) is 12.0. The number of fused-ring (bicyclic) bond motifs is 2. The quantitative estimate of drug-likeness (QED) is 0.367. The van der Waals surface area contributed by atoms with Crippen LogP contribution in [0.2, 0.25) is 0 Å². The summed E-state index contributed by atoms with van der Waals surface area (Å²) in [4.78, 5) is 47.0. The lowest BCUT2D eigenvalue weighted by molar-refractivity contribution is -0.156. The van der Waals surface area contributed by atoms with Gasteiger partial charge in [-0.3, -0.25) is 9.59 Å². The van der Waals surface area contributed by atoms with E-state index in [9.17, 15) is 24.3 Å². The van der Waals surface area contributed by atoms with Gasteiger partial charge in [-0.05, 0) is 31.9 Å². The first-order valence-electron chi connectivity index (χ1n) is 12.2. The third-order valence-corrected chi connectivity index (χ3v) is 7.58. The molecule has 0 aromatic heterocycles. The second-order valence-electron chi connectivity index (χ2n) is 10.9. The molecule has 0 radical (unpaired) electrons. The van der Waals surface area contributed by atoms with Crippen LogP contribution in [0, 0.1) is 17.3 Å². The third-order valence-electron chi connectivity index (χ3n) is 7.58. The lowest BCUT2D eigenvalue weighted by Gasteiger charge is -2.22. The Labute approximate surface area is 214 Å². The lowest BCUT2D eigenvalue weighted by Crippen LogP contribution is -2.46. The minimum Gasteiger partial charge on any atom is -0.480 e. The normalized spacial score (nSPS) is 32.5. The molecule has 2 aliphatic carbocycles. The van der Waals surface area contributed by atoms with Crippen molar-refractivity contribution in [1.82, 2.24) is 5.32 Å². The van der Waals surface area contributed by atoms with E-state index < -0.39 is 34.6 Å². The van der Waals surface area contributed by atoms with Gasteiger partial charge in [0.1, 0.15) is 5.60 Å². The van der Waals surface area contributed by atoms with Gasteiger partial charge < -0.3 is 24.6 Å². The Balaban J connectivity index is 0.000000157. The molecule has 6 atom stereocenters. The van der Waals surface area contributed by atoms with E-state index in [-0.39, 0.29) is 36.2 Å². The summed E-state index contributed by atoms with van der Waals surface area (Å²) in [6.07, 6.45) is -0.579. The van der Waals surface area contributed by atoms with Crippen LogP contribution >= 0.6 is 0 Å². The maximum absolute atomic E-state index is 12.1. The van der Waals surface area contributed by atoms with Crippen molar-refractivity contribution >= 4 is 24.0 Å². The van der Waals surface area contributed by atoms with Crippen molar-refractivity contribution in [2.75, 3.05) is 13.2 Å². The highest BCUT2D eigenvalue weighted by atomic mass is 16.6. The van der Waals surface area contributed by atoms with Crippen LogP contribution in [-0.2, 0) is 28.6 Å². The average molecular weight is 508 g/mol. The highest BCUT2D eigenvalue weighted by Crippen LogP contribution is 2.68. The predicted molar refractivity (Wildman–Crippen MR) is 129 cm³/mol. The molecule has 0 bridgehead atoms. The Bertz CT molecular complexity index is 1240. The first kappa shape index (κ1) is 24.8. The van der Waals surface area contributed by atoms with Gasteiger partial charge in [0.05, 0.1) is 13.2 Å². The Kier molecular flexibility index (Phi) is 5.77. The number of benzene rings is 2. The number of cyclic esters (lactones) is 2. The molecular weight excluding hydrogens is 478 g/mol. The topological polar surface area (TPSA) is 128 Å². The molecule has 4 fully saturated rings. The Morgan fingerprint density at radius 3 is 1.89 bits per heavy atom. The number of carboxylic acid groups (broad SMARTS) is 1. The Morgan fingerprint density at radius 1 is 0.865 bits per heavy atom. The number of alkyl carbamates (subject to hydrolysis) is 1. The van der Waals surface area contributed by atoms with Crippen LogP contribution in [0.25, 0.3) is 0 Å². The molecule has 2 heterocycles. The number of esters is 2. The summed E-state index contributed by atoms with van der Waals surface area (Å²) in [5.41, 5.74) is -0.914. The minimum absolute atomic E-state index is 0.0140. The number of hydrogen-bond donors (Lipinski definition) is 2. The van der Waals surface area contributed by atoms with E-state index in [0.717, 1.165) is 11.1 Å². The smallest absolute Gasteiger partial charge is 0.408 e. The average Bonchev–Trinajstić information content (AvgIpc) is 3.62. The number of rotatable bonds is 4. The van der Waals surface area contributed by atoms with Crippen molar-refractivity contribution in [2.45, 2.75) is 43.7 Å². The number of amides is 1. The molecule has 2 aromatic carbocycles. The summed E-state index contributed by atoms with van der Waals surface area (Å²) < 4.78 is 15.2. The van der Waals surface area contributed by atoms with Crippen LogP contribution in [0.4, 0.5) is 4.79 Å². The zero-order valence-corrected chi connectivity index (χ0v) is 20.8. The summed E-state index contributed by atoms with van der Waals surface area (Å²) in [6, 6.07) is 19.0. The monoisotopic (exact) mass is 507 g/mol. The van der Waals surface area contributed by atoms with Crippen LogP contribution in [0.3, 0.4) is 0 Å². The zero-order valence-electron chi connectivity index (χ0n) is 20.8. The molecule has 2 saturated heterocycles. The maximum atomic E-state index is 12.1. The molecular formula is C28H29NO8. The number of carbonyl (C=O) groups excluding carboxylic acids is 3. The van der Waals surface area contributed by atoms with Crippen molar-refractivity contribution in [3.63, 3.8) is 0 Å². The molecule has 6 rings (SSSR count). The van der Waals surface area contributed by atoms with E-state index >= 15 is 0 Å². The van der Waals surface area contributed by atoms with Gasteiger partial charge in [-0.2, -0.15) is 0 Å². The fourth-order valence-corrected chi connectivity index (χ4v) is 5.89. The highest BCUT2D eigenvalue weighted by Gasteiger charge is 2.80. The number of ether oxygens (including phenoxy) is 3. The fraction of sp³-hybridized carbons (Fsp3) is 0.429. The molecule has 2 saturated carbocycles. The van der Waals surface area contributed by atoms with Gasteiger partial charge in [-0.25, -0.2) is 9.59 Å². The first-order valence-corrected chi connectivity index (χ1v) is 12.2. The van der Waals surface area contributed by atoms with Crippen LogP contribution < -0.4 is 5.32 Å². The molecule has 1 amide bonds. The summed E-state index contributed by atoms with van der Waals surface area (Å²) >= 11 is 0. The van der Waals surface area contributed by atoms with Crippen molar-refractivity contribution in [3.8, 4) is 0 Å². The standard InChI is InChI=1S/C16H19NO4.C12H10O4/c1-15(2,3)21-14(19)17-16-11(9-20-13(16)18)12(16)10-7-5-4-6-8-10;13-10(14)12-8(6-16-11(12)15)9(12)7-4-2-1-3-5-7/h4-8,11-12H,9H2,1-3H3,(H,17,19);1-5,8-9H,6H2,(H,13,14). The highest BCUT2D eigenvalue weighted by molar-refractivity contribution is 6.06. The number of hydrogen-bond acceptors (Lipinski definition) is 7.